The Hall–Kier alpha value is -0.860. The standard InChI is InChI=1S/C16H24N2/c1-2-5-14(6-3-1)13-18-12-4-7-15-8-10-17-11-9-16(15)18/h1-3,5-6,15-17H,4,7-13H2/t15-,16-/m1/s1. The first-order chi connectivity index (χ1) is 8.93. The van der Waals surface area contributed by atoms with Gasteiger partial charge < -0.3 is 5.32 Å². The van der Waals surface area contributed by atoms with E-state index in [4.69, 9.17) is 0 Å². The molecule has 0 aromatic heterocycles. The molecule has 2 saturated heterocycles. The van der Waals surface area contributed by atoms with Crippen LogP contribution in [0.1, 0.15) is 31.2 Å². The summed E-state index contributed by atoms with van der Waals surface area (Å²) >= 11 is 0. The van der Waals surface area contributed by atoms with E-state index in [2.05, 4.69) is 40.5 Å². The van der Waals surface area contributed by atoms with Gasteiger partial charge in [0.1, 0.15) is 0 Å². The minimum atomic E-state index is 0.814. The number of likely N-dealkylation sites (tertiary alicyclic amines) is 1. The van der Waals surface area contributed by atoms with Crippen molar-refractivity contribution in [3.63, 3.8) is 0 Å². The molecule has 1 aromatic carbocycles. The number of piperidine rings is 1. The first kappa shape index (κ1) is 12.2. The van der Waals surface area contributed by atoms with Crippen molar-refractivity contribution in [2.75, 3.05) is 19.6 Å². The highest BCUT2D eigenvalue weighted by Gasteiger charge is 2.31. The summed E-state index contributed by atoms with van der Waals surface area (Å²) in [6, 6.07) is 11.8. The monoisotopic (exact) mass is 244 g/mol. The number of benzene rings is 1. The van der Waals surface area contributed by atoms with Gasteiger partial charge in [-0.15, -0.1) is 0 Å². The van der Waals surface area contributed by atoms with E-state index in [1.807, 2.05) is 0 Å². The lowest BCUT2D eigenvalue weighted by Crippen LogP contribution is -2.44. The van der Waals surface area contributed by atoms with Crippen molar-refractivity contribution in [3.05, 3.63) is 35.9 Å². The predicted molar refractivity (Wildman–Crippen MR) is 75.5 cm³/mol. The van der Waals surface area contributed by atoms with Crippen LogP contribution in [0.4, 0.5) is 0 Å². The summed E-state index contributed by atoms with van der Waals surface area (Å²) in [5.74, 6) is 0.928. The molecular weight excluding hydrogens is 220 g/mol. The van der Waals surface area contributed by atoms with Crippen molar-refractivity contribution >= 4 is 0 Å². The lowest BCUT2D eigenvalue weighted by atomic mass is 9.85. The molecule has 0 aliphatic carbocycles. The van der Waals surface area contributed by atoms with Crippen molar-refractivity contribution in [2.45, 2.75) is 38.3 Å². The van der Waals surface area contributed by atoms with E-state index in [0.29, 0.717) is 0 Å². The fraction of sp³-hybridized carbons (Fsp3) is 0.625. The summed E-state index contributed by atoms with van der Waals surface area (Å²) in [6.45, 7) is 4.85. The van der Waals surface area contributed by atoms with E-state index in [9.17, 15) is 0 Å². The summed E-state index contributed by atoms with van der Waals surface area (Å²) in [6.07, 6.45) is 5.53. The van der Waals surface area contributed by atoms with Gasteiger partial charge in [-0.05, 0) is 56.8 Å². The number of nitrogens with one attached hydrogen (secondary N) is 1. The third-order valence-corrected chi connectivity index (χ3v) is 4.57. The number of fused-ring (bicyclic) bond motifs is 1. The third-order valence-electron chi connectivity index (χ3n) is 4.57. The van der Waals surface area contributed by atoms with Gasteiger partial charge >= 0.3 is 0 Å². The molecule has 98 valence electrons. The maximum atomic E-state index is 3.56. The van der Waals surface area contributed by atoms with E-state index in [0.717, 1.165) is 18.5 Å². The molecule has 3 rings (SSSR count). The van der Waals surface area contributed by atoms with Crippen molar-refractivity contribution in [1.29, 1.82) is 0 Å². The molecule has 0 radical (unpaired) electrons. The SMILES string of the molecule is c1ccc(CN2CCC[C@@H]3CCNCC[C@H]32)cc1. The van der Waals surface area contributed by atoms with E-state index in [-0.39, 0.29) is 0 Å². The van der Waals surface area contributed by atoms with Crippen LogP contribution in [0.5, 0.6) is 0 Å². The van der Waals surface area contributed by atoms with Crippen molar-refractivity contribution < 1.29 is 0 Å². The Morgan fingerprint density at radius 3 is 2.78 bits per heavy atom. The molecule has 2 nitrogen and oxygen atoms in total. The minimum absolute atomic E-state index is 0.814. The summed E-state index contributed by atoms with van der Waals surface area (Å²) < 4.78 is 0. The van der Waals surface area contributed by atoms with E-state index in [1.165, 1.54) is 50.9 Å². The molecule has 0 spiro atoms. The molecule has 2 heterocycles. The second-order valence-electron chi connectivity index (χ2n) is 5.75. The Balaban J connectivity index is 1.70. The van der Waals surface area contributed by atoms with Crippen LogP contribution in [-0.4, -0.2) is 30.6 Å². The van der Waals surface area contributed by atoms with Gasteiger partial charge in [-0.2, -0.15) is 0 Å². The van der Waals surface area contributed by atoms with Crippen LogP contribution < -0.4 is 5.32 Å². The number of hydrogen-bond acceptors (Lipinski definition) is 2. The summed E-state index contributed by atoms with van der Waals surface area (Å²) in [5.41, 5.74) is 1.47. The average Bonchev–Trinajstić information content (AvgIpc) is 2.66. The fourth-order valence-corrected chi connectivity index (χ4v) is 3.64. The van der Waals surface area contributed by atoms with Gasteiger partial charge in [0.05, 0.1) is 0 Å². The van der Waals surface area contributed by atoms with Gasteiger partial charge in [0.25, 0.3) is 0 Å². The number of rotatable bonds is 2. The molecule has 0 saturated carbocycles. The summed E-state index contributed by atoms with van der Waals surface area (Å²) in [5, 5.41) is 3.56. The Kier molecular flexibility index (Phi) is 3.96. The van der Waals surface area contributed by atoms with Gasteiger partial charge in [-0.3, -0.25) is 4.90 Å². The topological polar surface area (TPSA) is 15.3 Å². The van der Waals surface area contributed by atoms with Crippen LogP contribution in [0.3, 0.4) is 0 Å². The van der Waals surface area contributed by atoms with Crippen LogP contribution >= 0.6 is 0 Å². The Bertz CT molecular complexity index is 363. The molecule has 2 heteroatoms. The van der Waals surface area contributed by atoms with Crippen molar-refractivity contribution in [2.24, 2.45) is 5.92 Å². The molecule has 1 N–H and O–H groups in total. The molecule has 2 aliphatic heterocycles. The summed E-state index contributed by atoms with van der Waals surface area (Å²) in [4.78, 5) is 2.73. The van der Waals surface area contributed by atoms with Gasteiger partial charge in [-0.1, -0.05) is 30.3 Å². The lowest BCUT2D eigenvalue weighted by molar-refractivity contribution is 0.0827. The van der Waals surface area contributed by atoms with Gasteiger partial charge in [0.2, 0.25) is 0 Å². The molecular formula is C16H24N2. The zero-order chi connectivity index (χ0) is 12.2. The number of nitrogens with zero attached hydrogens (tertiary/aromatic N) is 1. The van der Waals surface area contributed by atoms with E-state index in [1.54, 1.807) is 0 Å². The molecule has 2 fully saturated rings. The predicted octanol–water partition coefficient (Wildman–Crippen LogP) is 2.65. The van der Waals surface area contributed by atoms with Crippen LogP contribution in [-0.2, 0) is 6.54 Å². The first-order valence-electron chi connectivity index (χ1n) is 7.42. The van der Waals surface area contributed by atoms with Crippen molar-refractivity contribution in [1.82, 2.24) is 10.2 Å². The zero-order valence-electron chi connectivity index (χ0n) is 11.1. The van der Waals surface area contributed by atoms with Gasteiger partial charge in [0, 0.05) is 12.6 Å². The molecule has 0 unspecified atom stereocenters. The Labute approximate surface area is 110 Å². The van der Waals surface area contributed by atoms with Crippen LogP contribution in [0.25, 0.3) is 0 Å². The minimum Gasteiger partial charge on any atom is -0.317 e. The van der Waals surface area contributed by atoms with Crippen LogP contribution in [0.15, 0.2) is 30.3 Å². The van der Waals surface area contributed by atoms with Crippen molar-refractivity contribution in [3.8, 4) is 0 Å². The highest BCUT2D eigenvalue weighted by Crippen LogP contribution is 2.30. The molecule has 2 atom stereocenters. The summed E-state index contributed by atoms with van der Waals surface area (Å²) in [7, 11) is 0. The van der Waals surface area contributed by atoms with Crippen LogP contribution in [0.2, 0.25) is 0 Å². The smallest absolute Gasteiger partial charge is 0.0236 e. The quantitative estimate of drug-likeness (QED) is 0.860. The maximum absolute atomic E-state index is 3.56. The van der Waals surface area contributed by atoms with Gasteiger partial charge in [-0.25, -0.2) is 0 Å². The molecule has 18 heavy (non-hydrogen) atoms. The third kappa shape index (κ3) is 2.76. The highest BCUT2D eigenvalue weighted by atomic mass is 15.2. The second-order valence-corrected chi connectivity index (χ2v) is 5.75. The van der Waals surface area contributed by atoms with Gasteiger partial charge in [0.15, 0.2) is 0 Å². The first-order valence-corrected chi connectivity index (χ1v) is 7.42. The van der Waals surface area contributed by atoms with Crippen LogP contribution in [0, 0.1) is 5.92 Å². The molecule has 1 aromatic rings. The molecule has 0 amide bonds. The fourth-order valence-electron chi connectivity index (χ4n) is 3.64. The molecule has 2 aliphatic rings. The maximum Gasteiger partial charge on any atom is 0.0236 e. The van der Waals surface area contributed by atoms with E-state index < -0.39 is 0 Å². The Morgan fingerprint density at radius 1 is 1.06 bits per heavy atom. The number of hydrogen-bond donors (Lipinski definition) is 1. The zero-order valence-corrected chi connectivity index (χ0v) is 11.1. The highest BCUT2D eigenvalue weighted by molar-refractivity contribution is 5.14. The van der Waals surface area contributed by atoms with E-state index >= 15 is 0 Å². The Morgan fingerprint density at radius 2 is 1.89 bits per heavy atom. The molecule has 0 bridgehead atoms. The normalized spacial score (nSPS) is 29.6. The second kappa shape index (κ2) is 5.85. The lowest BCUT2D eigenvalue weighted by Gasteiger charge is -2.40. The average molecular weight is 244 g/mol. The largest absolute Gasteiger partial charge is 0.317 e.